The van der Waals surface area contributed by atoms with Crippen LogP contribution >= 0.6 is 0 Å². The van der Waals surface area contributed by atoms with Gasteiger partial charge in [0.15, 0.2) is 0 Å². The van der Waals surface area contributed by atoms with Gasteiger partial charge in [0.1, 0.15) is 5.82 Å². The van der Waals surface area contributed by atoms with Gasteiger partial charge in [-0.1, -0.05) is 6.07 Å². The molecule has 4 heteroatoms. The minimum absolute atomic E-state index is 0.426. The quantitative estimate of drug-likeness (QED) is 0.743. The molecule has 15 heavy (non-hydrogen) atoms. The van der Waals surface area contributed by atoms with Gasteiger partial charge < -0.3 is 10.6 Å². The molecule has 0 aromatic carbocycles. The van der Waals surface area contributed by atoms with E-state index in [1.165, 1.54) is 18.9 Å². The third-order valence-electron chi connectivity index (χ3n) is 2.75. The van der Waals surface area contributed by atoms with Crippen LogP contribution in [-0.4, -0.2) is 24.6 Å². The smallest absolute Gasteiger partial charge is 0.214 e. The summed E-state index contributed by atoms with van der Waals surface area (Å²) in [5, 5.41) is 6.49. The van der Waals surface area contributed by atoms with Gasteiger partial charge in [0, 0.05) is 6.54 Å². The van der Waals surface area contributed by atoms with Crippen LogP contribution in [0.4, 0.5) is 10.2 Å². The number of anilines is 1. The molecule has 0 spiro atoms. The number of rotatable bonds is 3. The number of nitrogens with zero attached hydrogens (tertiary/aromatic N) is 1. The number of aromatic nitrogens is 1. The van der Waals surface area contributed by atoms with Crippen LogP contribution in [0.5, 0.6) is 0 Å². The van der Waals surface area contributed by atoms with Crippen LogP contribution in [0.15, 0.2) is 18.2 Å². The molecule has 2 N–H and O–H groups in total. The summed E-state index contributed by atoms with van der Waals surface area (Å²) in [7, 11) is 0. The Hall–Kier alpha value is -1.16. The first-order valence-corrected chi connectivity index (χ1v) is 5.42. The van der Waals surface area contributed by atoms with Crippen LogP contribution < -0.4 is 10.6 Å². The van der Waals surface area contributed by atoms with Gasteiger partial charge in [-0.3, -0.25) is 0 Å². The van der Waals surface area contributed by atoms with Crippen molar-refractivity contribution in [2.75, 3.05) is 25.0 Å². The van der Waals surface area contributed by atoms with E-state index in [1.54, 1.807) is 12.1 Å². The van der Waals surface area contributed by atoms with E-state index < -0.39 is 5.95 Å². The molecule has 1 saturated heterocycles. The first-order chi connectivity index (χ1) is 7.34. The van der Waals surface area contributed by atoms with Gasteiger partial charge in [0.25, 0.3) is 0 Å². The Labute approximate surface area is 89.1 Å². The zero-order valence-corrected chi connectivity index (χ0v) is 8.67. The van der Waals surface area contributed by atoms with E-state index in [-0.39, 0.29) is 0 Å². The van der Waals surface area contributed by atoms with Crippen molar-refractivity contribution in [3.8, 4) is 0 Å². The standard InChI is InChI=1S/C11H16FN3/c12-10-2-1-3-11(15-10)14-8-9-4-6-13-7-5-9/h1-3,9,13H,4-8H2,(H,14,15). The minimum Gasteiger partial charge on any atom is -0.370 e. The zero-order chi connectivity index (χ0) is 10.5. The summed E-state index contributed by atoms with van der Waals surface area (Å²) in [5.74, 6) is 0.884. The summed E-state index contributed by atoms with van der Waals surface area (Å²) in [6.45, 7) is 3.06. The molecule has 1 aromatic heterocycles. The van der Waals surface area contributed by atoms with E-state index in [1.807, 2.05) is 0 Å². The Balaban J connectivity index is 1.81. The van der Waals surface area contributed by atoms with Crippen LogP contribution in [0, 0.1) is 11.9 Å². The maximum atomic E-state index is 12.8. The van der Waals surface area contributed by atoms with Gasteiger partial charge in [0.05, 0.1) is 0 Å². The fourth-order valence-corrected chi connectivity index (χ4v) is 1.84. The molecule has 0 atom stereocenters. The average molecular weight is 209 g/mol. The van der Waals surface area contributed by atoms with Gasteiger partial charge in [0.2, 0.25) is 5.95 Å². The van der Waals surface area contributed by atoms with E-state index in [0.717, 1.165) is 19.6 Å². The molecule has 82 valence electrons. The molecule has 1 aliphatic heterocycles. The molecule has 0 radical (unpaired) electrons. The Morgan fingerprint density at radius 2 is 2.20 bits per heavy atom. The molecule has 0 aliphatic carbocycles. The van der Waals surface area contributed by atoms with E-state index in [0.29, 0.717) is 11.7 Å². The Morgan fingerprint density at radius 1 is 1.40 bits per heavy atom. The maximum Gasteiger partial charge on any atom is 0.214 e. The summed E-state index contributed by atoms with van der Waals surface area (Å²) in [6.07, 6.45) is 2.37. The predicted molar refractivity (Wildman–Crippen MR) is 58.3 cm³/mol. The normalized spacial score (nSPS) is 17.7. The van der Waals surface area contributed by atoms with Gasteiger partial charge in [-0.15, -0.1) is 0 Å². The summed E-state index contributed by atoms with van der Waals surface area (Å²) < 4.78 is 12.8. The fraction of sp³-hybridized carbons (Fsp3) is 0.545. The number of halogens is 1. The van der Waals surface area contributed by atoms with Crippen LogP contribution in [0.3, 0.4) is 0 Å². The second-order valence-corrected chi connectivity index (χ2v) is 3.92. The molecular formula is C11H16FN3. The minimum atomic E-state index is -0.426. The van der Waals surface area contributed by atoms with E-state index in [2.05, 4.69) is 15.6 Å². The molecule has 3 nitrogen and oxygen atoms in total. The van der Waals surface area contributed by atoms with Gasteiger partial charge in [-0.2, -0.15) is 4.39 Å². The molecule has 2 heterocycles. The zero-order valence-electron chi connectivity index (χ0n) is 8.67. The SMILES string of the molecule is Fc1cccc(NCC2CCNCC2)n1. The highest BCUT2D eigenvalue weighted by molar-refractivity contribution is 5.33. The number of hydrogen-bond donors (Lipinski definition) is 2. The second-order valence-electron chi connectivity index (χ2n) is 3.92. The first kappa shape index (κ1) is 10.4. The Morgan fingerprint density at radius 3 is 2.93 bits per heavy atom. The lowest BCUT2D eigenvalue weighted by Crippen LogP contribution is -2.31. The van der Waals surface area contributed by atoms with Crippen molar-refractivity contribution in [3.05, 3.63) is 24.1 Å². The molecule has 0 amide bonds. The molecule has 0 unspecified atom stereocenters. The lowest BCUT2D eigenvalue weighted by Gasteiger charge is -2.22. The molecule has 1 aliphatic rings. The fourth-order valence-electron chi connectivity index (χ4n) is 1.84. The van der Waals surface area contributed by atoms with Crippen molar-refractivity contribution >= 4 is 5.82 Å². The second kappa shape index (κ2) is 5.07. The van der Waals surface area contributed by atoms with Gasteiger partial charge in [-0.05, 0) is 44.0 Å². The molecule has 0 bridgehead atoms. The highest BCUT2D eigenvalue weighted by Gasteiger charge is 2.12. The van der Waals surface area contributed by atoms with Crippen LogP contribution in [-0.2, 0) is 0 Å². The Kier molecular flexibility index (Phi) is 3.50. The number of hydrogen-bond acceptors (Lipinski definition) is 3. The van der Waals surface area contributed by atoms with E-state index >= 15 is 0 Å². The molecule has 1 fully saturated rings. The summed E-state index contributed by atoms with van der Waals surface area (Å²) in [4.78, 5) is 3.76. The first-order valence-electron chi connectivity index (χ1n) is 5.42. The lowest BCUT2D eigenvalue weighted by atomic mass is 9.98. The molecule has 0 saturated carbocycles. The van der Waals surface area contributed by atoms with Crippen molar-refractivity contribution in [2.24, 2.45) is 5.92 Å². The third-order valence-corrected chi connectivity index (χ3v) is 2.75. The monoisotopic (exact) mass is 209 g/mol. The van der Waals surface area contributed by atoms with E-state index in [4.69, 9.17) is 0 Å². The van der Waals surface area contributed by atoms with Crippen molar-refractivity contribution < 1.29 is 4.39 Å². The number of nitrogens with one attached hydrogen (secondary N) is 2. The van der Waals surface area contributed by atoms with Gasteiger partial charge >= 0.3 is 0 Å². The van der Waals surface area contributed by atoms with Crippen LogP contribution in [0.25, 0.3) is 0 Å². The largest absolute Gasteiger partial charge is 0.370 e. The molecule has 1 aromatic rings. The number of pyridine rings is 1. The average Bonchev–Trinajstić information content (AvgIpc) is 2.28. The van der Waals surface area contributed by atoms with Crippen molar-refractivity contribution in [1.29, 1.82) is 0 Å². The molecule has 2 rings (SSSR count). The third kappa shape index (κ3) is 3.16. The lowest BCUT2D eigenvalue weighted by molar-refractivity contribution is 0.389. The summed E-state index contributed by atoms with van der Waals surface area (Å²) >= 11 is 0. The maximum absolute atomic E-state index is 12.8. The Bertz CT molecular complexity index is 310. The molecular weight excluding hydrogens is 193 g/mol. The topological polar surface area (TPSA) is 37.0 Å². The van der Waals surface area contributed by atoms with Crippen molar-refractivity contribution in [1.82, 2.24) is 10.3 Å². The van der Waals surface area contributed by atoms with Crippen molar-refractivity contribution in [3.63, 3.8) is 0 Å². The summed E-state index contributed by atoms with van der Waals surface area (Å²) in [5.41, 5.74) is 0. The van der Waals surface area contributed by atoms with Crippen LogP contribution in [0.2, 0.25) is 0 Å². The van der Waals surface area contributed by atoms with Crippen LogP contribution in [0.1, 0.15) is 12.8 Å². The van der Waals surface area contributed by atoms with Gasteiger partial charge in [-0.25, -0.2) is 4.98 Å². The highest BCUT2D eigenvalue weighted by Crippen LogP contribution is 2.12. The van der Waals surface area contributed by atoms with Crippen molar-refractivity contribution in [2.45, 2.75) is 12.8 Å². The highest BCUT2D eigenvalue weighted by atomic mass is 19.1. The predicted octanol–water partition coefficient (Wildman–Crippen LogP) is 1.63. The number of piperidine rings is 1. The van der Waals surface area contributed by atoms with E-state index in [9.17, 15) is 4.39 Å². The summed E-state index contributed by atoms with van der Waals surface area (Å²) in [6, 6.07) is 4.83.